The largest absolute Gasteiger partial charge is 0.324 e. The van der Waals surface area contributed by atoms with Gasteiger partial charge in [0.05, 0.1) is 0 Å². The molecule has 0 bridgehead atoms. The van der Waals surface area contributed by atoms with Gasteiger partial charge in [-0.05, 0) is 72.9 Å². The molecule has 3 aromatic carbocycles. The lowest BCUT2D eigenvalue weighted by Gasteiger charge is -2.19. The summed E-state index contributed by atoms with van der Waals surface area (Å²) >= 11 is 0. The van der Waals surface area contributed by atoms with Gasteiger partial charge >= 0.3 is 0 Å². The molecule has 0 fully saturated rings. The van der Waals surface area contributed by atoms with Crippen LogP contribution in [-0.4, -0.2) is 22.0 Å². The number of nitrogens with one attached hydrogen (secondary N) is 2. The Morgan fingerprint density at radius 3 is 1.91 bits per heavy atom. The van der Waals surface area contributed by atoms with Gasteiger partial charge in [-0.15, -0.1) is 0 Å². The van der Waals surface area contributed by atoms with Crippen LogP contribution in [0.4, 0.5) is 34.9 Å². The molecule has 6 nitrogen and oxygen atoms in total. The highest BCUT2D eigenvalue weighted by Crippen LogP contribution is 2.26. The maximum Gasteiger partial charge on any atom is 0.236 e. The van der Waals surface area contributed by atoms with Gasteiger partial charge in [-0.25, -0.2) is 0 Å². The fourth-order valence-electron chi connectivity index (χ4n) is 3.51. The first-order valence-electron chi connectivity index (χ1n) is 11.1. The summed E-state index contributed by atoms with van der Waals surface area (Å²) in [5.41, 5.74) is 6.49. The molecule has 1 aromatic heterocycles. The maximum atomic E-state index is 4.70. The number of aromatic nitrogens is 3. The lowest BCUT2D eigenvalue weighted by molar-refractivity contribution is 0.867. The van der Waals surface area contributed by atoms with Crippen molar-refractivity contribution in [2.45, 2.75) is 33.6 Å². The van der Waals surface area contributed by atoms with Gasteiger partial charge in [0.1, 0.15) is 0 Å². The quantitative estimate of drug-likeness (QED) is 0.328. The second kappa shape index (κ2) is 9.69. The van der Waals surface area contributed by atoms with Gasteiger partial charge in [-0.2, -0.15) is 15.0 Å². The molecule has 0 aliphatic heterocycles. The van der Waals surface area contributed by atoms with Crippen molar-refractivity contribution in [2.75, 3.05) is 22.6 Å². The van der Waals surface area contributed by atoms with Crippen molar-refractivity contribution in [3.63, 3.8) is 0 Å². The third-order valence-corrected chi connectivity index (χ3v) is 5.42. The number of rotatable bonds is 7. The topological polar surface area (TPSA) is 66.0 Å². The number of benzene rings is 3. The second-order valence-corrected chi connectivity index (χ2v) is 8.58. The monoisotopic (exact) mass is 438 g/mol. The van der Waals surface area contributed by atoms with Crippen LogP contribution in [-0.2, 0) is 0 Å². The Labute approximate surface area is 195 Å². The Morgan fingerprint density at radius 1 is 0.697 bits per heavy atom. The van der Waals surface area contributed by atoms with E-state index in [9.17, 15) is 0 Å². The number of aryl methyl sites for hydroxylation is 2. The molecule has 33 heavy (non-hydrogen) atoms. The SMILES string of the molecule is Cc1cccc(Nc2nc(Nc3ccc(C(C)C)cc3)nc(N(C)c3cccc(C)c3)n2)c1. The minimum absolute atomic E-state index is 0.478. The van der Waals surface area contributed by atoms with E-state index in [0.29, 0.717) is 23.8 Å². The van der Waals surface area contributed by atoms with Crippen molar-refractivity contribution in [1.29, 1.82) is 0 Å². The fraction of sp³-hybridized carbons (Fsp3) is 0.222. The highest BCUT2D eigenvalue weighted by molar-refractivity contribution is 5.63. The van der Waals surface area contributed by atoms with Gasteiger partial charge in [0.25, 0.3) is 0 Å². The van der Waals surface area contributed by atoms with E-state index in [2.05, 4.69) is 91.8 Å². The minimum Gasteiger partial charge on any atom is -0.324 e. The van der Waals surface area contributed by atoms with Crippen LogP contribution in [0.3, 0.4) is 0 Å². The van der Waals surface area contributed by atoms with E-state index in [1.807, 2.05) is 36.2 Å². The van der Waals surface area contributed by atoms with Crippen LogP contribution >= 0.6 is 0 Å². The molecular formula is C27H30N6. The molecule has 6 heteroatoms. The first-order chi connectivity index (χ1) is 15.9. The summed E-state index contributed by atoms with van der Waals surface area (Å²) < 4.78 is 0. The molecule has 2 N–H and O–H groups in total. The zero-order valence-electron chi connectivity index (χ0n) is 19.8. The lowest BCUT2D eigenvalue weighted by atomic mass is 10.0. The van der Waals surface area contributed by atoms with E-state index in [1.54, 1.807) is 0 Å². The van der Waals surface area contributed by atoms with Crippen molar-refractivity contribution in [3.8, 4) is 0 Å². The lowest BCUT2D eigenvalue weighted by Crippen LogP contribution is -2.16. The Morgan fingerprint density at radius 2 is 1.30 bits per heavy atom. The van der Waals surface area contributed by atoms with Gasteiger partial charge in [0.15, 0.2) is 0 Å². The van der Waals surface area contributed by atoms with Crippen molar-refractivity contribution in [1.82, 2.24) is 15.0 Å². The van der Waals surface area contributed by atoms with E-state index in [1.165, 1.54) is 11.1 Å². The minimum atomic E-state index is 0.478. The molecule has 0 radical (unpaired) electrons. The Bertz CT molecular complexity index is 1230. The van der Waals surface area contributed by atoms with Crippen LogP contribution in [0.5, 0.6) is 0 Å². The summed E-state index contributed by atoms with van der Waals surface area (Å²) in [6.07, 6.45) is 0. The van der Waals surface area contributed by atoms with E-state index in [-0.39, 0.29) is 0 Å². The fourth-order valence-corrected chi connectivity index (χ4v) is 3.51. The van der Waals surface area contributed by atoms with E-state index >= 15 is 0 Å². The molecule has 1 heterocycles. The molecule has 0 aliphatic rings. The number of hydrogen-bond acceptors (Lipinski definition) is 6. The zero-order chi connectivity index (χ0) is 23.4. The Hall–Kier alpha value is -3.93. The van der Waals surface area contributed by atoms with Crippen molar-refractivity contribution in [3.05, 3.63) is 89.5 Å². The Kier molecular flexibility index (Phi) is 6.54. The second-order valence-electron chi connectivity index (χ2n) is 8.58. The molecular weight excluding hydrogens is 408 g/mol. The molecule has 0 saturated carbocycles. The van der Waals surface area contributed by atoms with Crippen molar-refractivity contribution in [2.24, 2.45) is 0 Å². The first-order valence-corrected chi connectivity index (χ1v) is 11.1. The maximum absolute atomic E-state index is 4.70. The number of anilines is 6. The first kappa shape index (κ1) is 22.3. The van der Waals surface area contributed by atoms with Gasteiger partial charge in [0, 0.05) is 24.1 Å². The van der Waals surface area contributed by atoms with Crippen molar-refractivity contribution < 1.29 is 0 Å². The van der Waals surface area contributed by atoms with Gasteiger partial charge in [0.2, 0.25) is 17.8 Å². The zero-order valence-corrected chi connectivity index (χ0v) is 19.8. The average Bonchev–Trinajstić information content (AvgIpc) is 2.79. The summed E-state index contributed by atoms with van der Waals surface area (Å²) in [5, 5.41) is 6.66. The van der Waals surface area contributed by atoms with Crippen LogP contribution in [0.15, 0.2) is 72.8 Å². The molecule has 0 saturated heterocycles. The van der Waals surface area contributed by atoms with Crippen LogP contribution < -0.4 is 15.5 Å². The molecule has 0 unspecified atom stereocenters. The normalized spacial score (nSPS) is 10.8. The molecule has 4 rings (SSSR count). The van der Waals surface area contributed by atoms with Crippen LogP contribution in [0.25, 0.3) is 0 Å². The predicted molar refractivity (Wildman–Crippen MR) is 137 cm³/mol. The Balaban J connectivity index is 1.69. The summed E-state index contributed by atoms with van der Waals surface area (Å²) in [4.78, 5) is 16.0. The summed E-state index contributed by atoms with van der Waals surface area (Å²) in [6.45, 7) is 8.50. The average molecular weight is 439 g/mol. The van der Waals surface area contributed by atoms with Crippen molar-refractivity contribution >= 4 is 34.9 Å². The molecule has 0 aliphatic carbocycles. The molecule has 4 aromatic rings. The number of hydrogen-bond donors (Lipinski definition) is 2. The van der Waals surface area contributed by atoms with Crippen LogP contribution in [0, 0.1) is 13.8 Å². The molecule has 0 atom stereocenters. The highest BCUT2D eigenvalue weighted by Gasteiger charge is 2.13. The molecule has 0 spiro atoms. The van der Waals surface area contributed by atoms with Gasteiger partial charge in [-0.1, -0.05) is 50.2 Å². The molecule has 0 amide bonds. The summed E-state index contributed by atoms with van der Waals surface area (Å²) in [7, 11) is 1.96. The summed E-state index contributed by atoms with van der Waals surface area (Å²) in [5.74, 6) is 1.99. The van der Waals surface area contributed by atoms with Crippen LogP contribution in [0.2, 0.25) is 0 Å². The summed E-state index contributed by atoms with van der Waals surface area (Å²) in [6, 6.07) is 24.7. The third-order valence-electron chi connectivity index (χ3n) is 5.42. The molecule has 168 valence electrons. The highest BCUT2D eigenvalue weighted by atomic mass is 15.3. The smallest absolute Gasteiger partial charge is 0.236 e. The van der Waals surface area contributed by atoms with Crippen LogP contribution in [0.1, 0.15) is 36.5 Å². The van der Waals surface area contributed by atoms with E-state index in [0.717, 1.165) is 22.6 Å². The van der Waals surface area contributed by atoms with Gasteiger partial charge < -0.3 is 15.5 Å². The number of nitrogens with zero attached hydrogens (tertiary/aromatic N) is 4. The van der Waals surface area contributed by atoms with Gasteiger partial charge in [-0.3, -0.25) is 0 Å². The van der Waals surface area contributed by atoms with E-state index in [4.69, 9.17) is 9.97 Å². The van der Waals surface area contributed by atoms with E-state index < -0.39 is 0 Å². The third kappa shape index (κ3) is 5.66. The predicted octanol–water partition coefficient (Wildman–Crippen LogP) is 6.87. The standard InChI is InChI=1S/C27H30N6/c1-18(2)21-12-14-22(15-13-21)28-25-30-26(29-23-10-6-8-19(3)16-23)32-27(31-25)33(5)24-11-7-9-20(4)17-24/h6-18H,1-5H3,(H2,28,29,30,31,32).